The van der Waals surface area contributed by atoms with Crippen LogP contribution in [0, 0.1) is 0 Å². The second-order valence-electron chi connectivity index (χ2n) is 9.67. The number of rotatable bonds is 8. The van der Waals surface area contributed by atoms with Gasteiger partial charge in [-0.25, -0.2) is 0 Å². The number of amides is 2. The molecule has 2 amide bonds. The van der Waals surface area contributed by atoms with Crippen molar-refractivity contribution in [2.24, 2.45) is 0 Å². The van der Waals surface area contributed by atoms with E-state index < -0.39 is 5.92 Å². The molecule has 4 aromatic rings. The van der Waals surface area contributed by atoms with E-state index in [9.17, 15) is 9.59 Å². The van der Waals surface area contributed by atoms with Gasteiger partial charge in [0.25, 0.3) is 5.91 Å². The van der Waals surface area contributed by atoms with Gasteiger partial charge < -0.3 is 19.7 Å². The van der Waals surface area contributed by atoms with Gasteiger partial charge in [0, 0.05) is 19.0 Å². The molecule has 2 heterocycles. The van der Waals surface area contributed by atoms with Crippen molar-refractivity contribution in [3.63, 3.8) is 0 Å². The van der Waals surface area contributed by atoms with Crippen molar-refractivity contribution < 1.29 is 19.1 Å². The first-order valence-corrected chi connectivity index (χ1v) is 13.3. The Morgan fingerprint density at radius 1 is 0.800 bits per heavy atom. The Kier molecular flexibility index (Phi) is 8.35. The first-order chi connectivity index (χ1) is 19.6. The fraction of sp³-hybridized carbons (Fsp3) is 0.250. The van der Waals surface area contributed by atoms with E-state index in [1.807, 2.05) is 77.7 Å². The second kappa shape index (κ2) is 12.4. The number of carbonyl (C=O) groups excluding carboxylic acids is 2. The predicted octanol–water partition coefficient (Wildman–Crippen LogP) is 5.28. The third-order valence-electron chi connectivity index (χ3n) is 7.21. The fourth-order valence-electron chi connectivity index (χ4n) is 5.09. The molecule has 1 saturated heterocycles. The molecule has 8 nitrogen and oxygen atoms in total. The van der Waals surface area contributed by atoms with Gasteiger partial charge in [0.1, 0.15) is 5.82 Å². The van der Waals surface area contributed by atoms with E-state index >= 15 is 0 Å². The van der Waals surface area contributed by atoms with Crippen LogP contribution >= 0.6 is 0 Å². The SMILES string of the molecule is COc1cc(OC)nc(C2CCN(C(=O)c3ccccc3NC(=O)C(c3ccccc3)c3ccccc3)CC2)n1. The molecule has 5 rings (SSSR count). The van der Waals surface area contributed by atoms with E-state index in [-0.39, 0.29) is 17.7 Å². The predicted molar refractivity (Wildman–Crippen MR) is 153 cm³/mol. The molecule has 1 fully saturated rings. The molecule has 1 aliphatic rings. The quantitative estimate of drug-likeness (QED) is 0.329. The number of hydrogen-bond donors (Lipinski definition) is 1. The first-order valence-electron chi connectivity index (χ1n) is 13.3. The third kappa shape index (κ3) is 5.96. The highest BCUT2D eigenvalue weighted by molar-refractivity contribution is 6.06. The summed E-state index contributed by atoms with van der Waals surface area (Å²) < 4.78 is 10.6. The minimum atomic E-state index is -0.513. The molecular formula is C32H32N4O4. The highest BCUT2D eigenvalue weighted by Crippen LogP contribution is 2.31. The maximum Gasteiger partial charge on any atom is 0.255 e. The summed E-state index contributed by atoms with van der Waals surface area (Å²) in [4.78, 5) is 38.2. The monoisotopic (exact) mass is 536 g/mol. The zero-order valence-corrected chi connectivity index (χ0v) is 22.6. The molecule has 204 valence electrons. The van der Waals surface area contributed by atoms with Crippen LogP contribution in [0.3, 0.4) is 0 Å². The van der Waals surface area contributed by atoms with E-state index in [0.717, 1.165) is 11.1 Å². The normalized spacial score (nSPS) is 13.6. The summed E-state index contributed by atoms with van der Waals surface area (Å²) in [6, 6.07) is 28.2. The lowest BCUT2D eigenvalue weighted by atomic mass is 9.90. The van der Waals surface area contributed by atoms with Gasteiger partial charge in [-0.3, -0.25) is 9.59 Å². The number of nitrogens with zero attached hydrogens (tertiary/aromatic N) is 3. The molecule has 1 N–H and O–H groups in total. The molecule has 1 aromatic heterocycles. The highest BCUT2D eigenvalue weighted by atomic mass is 16.5. The van der Waals surface area contributed by atoms with Gasteiger partial charge in [-0.15, -0.1) is 0 Å². The van der Waals surface area contributed by atoms with Gasteiger partial charge in [-0.2, -0.15) is 9.97 Å². The molecule has 0 unspecified atom stereocenters. The molecule has 40 heavy (non-hydrogen) atoms. The van der Waals surface area contributed by atoms with Crippen LogP contribution in [0.5, 0.6) is 11.8 Å². The Bertz CT molecular complexity index is 1390. The summed E-state index contributed by atoms with van der Waals surface area (Å²) in [6.45, 7) is 1.09. The van der Waals surface area contributed by atoms with Gasteiger partial charge in [0.05, 0.1) is 37.5 Å². The van der Waals surface area contributed by atoms with Gasteiger partial charge >= 0.3 is 0 Å². The lowest BCUT2D eigenvalue weighted by Crippen LogP contribution is -2.38. The van der Waals surface area contributed by atoms with Crippen LogP contribution in [0.4, 0.5) is 5.69 Å². The van der Waals surface area contributed by atoms with Crippen LogP contribution in [0.2, 0.25) is 0 Å². The summed E-state index contributed by atoms with van der Waals surface area (Å²) >= 11 is 0. The van der Waals surface area contributed by atoms with Crippen LogP contribution in [0.1, 0.15) is 52.0 Å². The summed E-state index contributed by atoms with van der Waals surface area (Å²) in [6.07, 6.45) is 1.42. The summed E-state index contributed by atoms with van der Waals surface area (Å²) in [7, 11) is 3.12. The van der Waals surface area contributed by atoms with Gasteiger partial charge in [0.15, 0.2) is 0 Å². The smallest absolute Gasteiger partial charge is 0.255 e. The van der Waals surface area contributed by atoms with Crippen molar-refractivity contribution in [2.45, 2.75) is 24.7 Å². The van der Waals surface area contributed by atoms with Crippen molar-refractivity contribution >= 4 is 17.5 Å². The van der Waals surface area contributed by atoms with Crippen LogP contribution in [-0.4, -0.2) is 54.0 Å². The van der Waals surface area contributed by atoms with Crippen molar-refractivity contribution in [1.82, 2.24) is 14.9 Å². The molecule has 8 heteroatoms. The number of para-hydroxylation sites is 1. The average molecular weight is 537 g/mol. The average Bonchev–Trinajstić information content (AvgIpc) is 3.02. The fourth-order valence-corrected chi connectivity index (χ4v) is 5.09. The molecular weight excluding hydrogens is 504 g/mol. The maximum absolute atomic E-state index is 13.7. The molecule has 0 spiro atoms. The number of piperidine rings is 1. The van der Waals surface area contributed by atoms with Crippen molar-refractivity contribution in [2.75, 3.05) is 32.6 Å². The number of hydrogen-bond acceptors (Lipinski definition) is 6. The van der Waals surface area contributed by atoms with Crippen LogP contribution in [0.25, 0.3) is 0 Å². The number of methoxy groups -OCH3 is 2. The van der Waals surface area contributed by atoms with E-state index in [4.69, 9.17) is 9.47 Å². The zero-order valence-electron chi connectivity index (χ0n) is 22.6. The zero-order chi connectivity index (χ0) is 27.9. The number of benzene rings is 3. The summed E-state index contributed by atoms with van der Waals surface area (Å²) in [5, 5.41) is 3.05. The minimum Gasteiger partial charge on any atom is -0.481 e. The van der Waals surface area contributed by atoms with Crippen LogP contribution in [0.15, 0.2) is 91.0 Å². The molecule has 1 aliphatic heterocycles. The Labute approximate surface area is 234 Å². The van der Waals surface area contributed by atoms with Crippen molar-refractivity contribution in [3.8, 4) is 11.8 Å². The minimum absolute atomic E-state index is 0.0838. The standard InChI is InChI=1S/C32H32N4O4/c1-39-27-21-28(40-2)35-30(34-27)24-17-19-36(20-18-24)32(38)25-15-9-10-16-26(25)33-31(37)29(22-11-5-3-6-12-22)23-13-7-4-8-14-23/h3-16,21,24,29H,17-20H2,1-2H3,(H,33,37). The number of ether oxygens (including phenoxy) is 2. The second-order valence-corrected chi connectivity index (χ2v) is 9.67. The lowest BCUT2D eigenvalue weighted by Gasteiger charge is -2.32. The molecule has 0 atom stereocenters. The highest BCUT2D eigenvalue weighted by Gasteiger charge is 2.29. The summed E-state index contributed by atoms with van der Waals surface area (Å²) in [5.41, 5.74) is 2.73. The molecule has 0 aliphatic carbocycles. The molecule has 0 radical (unpaired) electrons. The third-order valence-corrected chi connectivity index (χ3v) is 7.21. The topological polar surface area (TPSA) is 93.7 Å². The first kappa shape index (κ1) is 26.9. The largest absolute Gasteiger partial charge is 0.481 e. The maximum atomic E-state index is 13.7. The number of nitrogens with one attached hydrogen (secondary N) is 1. The number of likely N-dealkylation sites (tertiary alicyclic amines) is 1. The molecule has 0 bridgehead atoms. The van der Waals surface area contributed by atoms with E-state index in [0.29, 0.717) is 54.8 Å². The van der Waals surface area contributed by atoms with E-state index in [2.05, 4.69) is 15.3 Å². The van der Waals surface area contributed by atoms with E-state index in [1.165, 1.54) is 0 Å². The Morgan fingerprint density at radius 3 is 1.88 bits per heavy atom. The Morgan fingerprint density at radius 2 is 1.32 bits per heavy atom. The summed E-state index contributed by atoms with van der Waals surface area (Å²) in [5.74, 6) is 0.823. The molecule has 3 aromatic carbocycles. The molecule has 0 saturated carbocycles. The van der Waals surface area contributed by atoms with Gasteiger partial charge in [-0.1, -0.05) is 72.8 Å². The van der Waals surface area contributed by atoms with Crippen molar-refractivity contribution in [1.29, 1.82) is 0 Å². The number of carbonyl (C=O) groups is 2. The van der Waals surface area contributed by atoms with Gasteiger partial charge in [-0.05, 0) is 36.1 Å². The van der Waals surface area contributed by atoms with Crippen LogP contribution < -0.4 is 14.8 Å². The number of aromatic nitrogens is 2. The Balaban J connectivity index is 1.32. The van der Waals surface area contributed by atoms with Crippen LogP contribution in [-0.2, 0) is 4.79 Å². The van der Waals surface area contributed by atoms with Crippen molar-refractivity contribution in [3.05, 3.63) is 114 Å². The number of anilines is 1. The Hall–Kier alpha value is -4.72. The lowest BCUT2D eigenvalue weighted by molar-refractivity contribution is -0.116. The van der Waals surface area contributed by atoms with Gasteiger partial charge in [0.2, 0.25) is 17.7 Å². The van der Waals surface area contributed by atoms with E-state index in [1.54, 1.807) is 32.4 Å².